The van der Waals surface area contributed by atoms with Gasteiger partial charge in [-0.05, 0) is 12.5 Å². The lowest BCUT2D eigenvalue weighted by atomic mass is 10.5. The molecule has 2 aromatic heterocycles. The average molecular weight is 223 g/mol. The Kier molecular flexibility index (Phi) is 2.96. The minimum absolute atomic E-state index is 0.856. The van der Waals surface area contributed by atoms with E-state index in [9.17, 15) is 0 Å². The number of aryl methyl sites for hydroxylation is 1. The van der Waals surface area contributed by atoms with Crippen molar-refractivity contribution in [3.8, 4) is 10.7 Å². The van der Waals surface area contributed by atoms with Crippen LogP contribution in [0.5, 0.6) is 0 Å². The summed E-state index contributed by atoms with van der Waals surface area (Å²) in [5, 5.41) is 17.3. The maximum Gasteiger partial charge on any atom is 0.206 e. The fourth-order valence-corrected chi connectivity index (χ4v) is 1.89. The highest BCUT2D eigenvalue weighted by Crippen LogP contribution is 2.24. The molecule has 0 aromatic carbocycles. The first kappa shape index (κ1) is 10.1. The van der Waals surface area contributed by atoms with Gasteiger partial charge in [-0.2, -0.15) is 5.10 Å². The van der Waals surface area contributed by atoms with Crippen molar-refractivity contribution in [3.63, 3.8) is 0 Å². The van der Waals surface area contributed by atoms with Crippen LogP contribution in [0.25, 0.3) is 10.7 Å². The fraction of sp³-hybridized carbons (Fsp3) is 0.444. The maximum atomic E-state index is 4.27. The van der Waals surface area contributed by atoms with E-state index in [1.165, 1.54) is 11.3 Å². The number of nitrogens with one attached hydrogen (secondary N) is 1. The van der Waals surface area contributed by atoms with E-state index in [4.69, 9.17) is 0 Å². The van der Waals surface area contributed by atoms with Crippen LogP contribution >= 0.6 is 11.3 Å². The third-order valence-electron chi connectivity index (χ3n) is 1.88. The highest BCUT2D eigenvalue weighted by atomic mass is 32.1. The molecule has 0 aliphatic rings. The van der Waals surface area contributed by atoms with E-state index in [1.54, 1.807) is 4.68 Å². The summed E-state index contributed by atoms with van der Waals surface area (Å²) >= 11 is 1.53. The predicted octanol–water partition coefficient (Wildman–Crippen LogP) is 1.76. The van der Waals surface area contributed by atoms with Crippen LogP contribution in [0.15, 0.2) is 12.3 Å². The van der Waals surface area contributed by atoms with Gasteiger partial charge in [0, 0.05) is 19.8 Å². The summed E-state index contributed by atoms with van der Waals surface area (Å²) in [6, 6.07) is 1.93. The summed E-state index contributed by atoms with van der Waals surface area (Å²) in [5.41, 5.74) is 0.875. The Morgan fingerprint density at radius 1 is 1.47 bits per heavy atom. The van der Waals surface area contributed by atoms with Gasteiger partial charge in [-0.25, -0.2) is 0 Å². The highest BCUT2D eigenvalue weighted by molar-refractivity contribution is 7.18. The molecule has 0 aliphatic heterocycles. The standard InChI is InChI=1S/C9H13N5S/c1-3-5-10-9-12-11-8(15-9)7-4-6-14(2)13-7/h4,6H,3,5H2,1-2H3,(H,10,12). The van der Waals surface area contributed by atoms with E-state index in [2.05, 4.69) is 27.5 Å². The summed E-state index contributed by atoms with van der Waals surface area (Å²) in [7, 11) is 1.89. The van der Waals surface area contributed by atoms with Gasteiger partial charge < -0.3 is 5.32 Å². The Morgan fingerprint density at radius 3 is 3.00 bits per heavy atom. The molecule has 2 heterocycles. The van der Waals surface area contributed by atoms with Gasteiger partial charge in [0.2, 0.25) is 5.13 Å². The minimum atomic E-state index is 0.856. The highest BCUT2D eigenvalue weighted by Gasteiger charge is 2.07. The van der Waals surface area contributed by atoms with Crippen molar-refractivity contribution in [2.24, 2.45) is 7.05 Å². The van der Waals surface area contributed by atoms with Crippen molar-refractivity contribution in [2.75, 3.05) is 11.9 Å². The number of nitrogens with zero attached hydrogens (tertiary/aromatic N) is 4. The molecule has 2 aromatic rings. The molecule has 0 radical (unpaired) electrons. The second kappa shape index (κ2) is 4.39. The molecule has 15 heavy (non-hydrogen) atoms. The van der Waals surface area contributed by atoms with E-state index >= 15 is 0 Å². The van der Waals surface area contributed by atoms with Gasteiger partial charge in [-0.15, -0.1) is 10.2 Å². The van der Waals surface area contributed by atoms with E-state index in [0.717, 1.165) is 28.8 Å². The molecule has 0 fully saturated rings. The third-order valence-corrected chi connectivity index (χ3v) is 2.79. The average Bonchev–Trinajstić information content (AvgIpc) is 2.83. The number of rotatable bonds is 4. The molecular weight excluding hydrogens is 210 g/mol. The van der Waals surface area contributed by atoms with Gasteiger partial charge in [0.15, 0.2) is 5.01 Å². The van der Waals surface area contributed by atoms with Crippen LogP contribution in [0, 0.1) is 0 Å². The molecule has 2 rings (SSSR count). The Bertz CT molecular complexity index is 433. The van der Waals surface area contributed by atoms with Crippen LogP contribution in [0.1, 0.15) is 13.3 Å². The number of aromatic nitrogens is 4. The molecule has 1 N–H and O–H groups in total. The summed E-state index contributed by atoms with van der Waals surface area (Å²) in [6.07, 6.45) is 2.98. The van der Waals surface area contributed by atoms with Crippen molar-refractivity contribution >= 4 is 16.5 Å². The molecule has 6 heteroatoms. The third kappa shape index (κ3) is 2.33. The Hall–Kier alpha value is -1.43. The maximum absolute atomic E-state index is 4.27. The SMILES string of the molecule is CCCNc1nnc(-c2ccn(C)n2)s1. The molecule has 0 atom stereocenters. The molecule has 5 nitrogen and oxygen atoms in total. The van der Waals surface area contributed by atoms with Crippen LogP contribution in [0.2, 0.25) is 0 Å². The first-order chi connectivity index (χ1) is 7.29. The van der Waals surface area contributed by atoms with E-state index in [1.807, 2.05) is 19.3 Å². The van der Waals surface area contributed by atoms with Crippen molar-refractivity contribution < 1.29 is 0 Å². The molecular formula is C9H13N5S. The fourth-order valence-electron chi connectivity index (χ4n) is 1.16. The van der Waals surface area contributed by atoms with Crippen LogP contribution in [0.3, 0.4) is 0 Å². The van der Waals surface area contributed by atoms with E-state index in [-0.39, 0.29) is 0 Å². The quantitative estimate of drug-likeness (QED) is 0.858. The van der Waals surface area contributed by atoms with Crippen LogP contribution in [-0.4, -0.2) is 26.5 Å². The Labute approximate surface area is 92.2 Å². The second-order valence-corrected chi connectivity index (χ2v) is 4.19. The van der Waals surface area contributed by atoms with Crippen molar-refractivity contribution in [1.29, 1.82) is 0 Å². The first-order valence-corrected chi connectivity index (χ1v) is 5.68. The molecule has 80 valence electrons. The molecule has 0 amide bonds. The van der Waals surface area contributed by atoms with Gasteiger partial charge in [0.05, 0.1) is 0 Å². The van der Waals surface area contributed by atoms with Crippen molar-refractivity contribution in [3.05, 3.63) is 12.3 Å². The van der Waals surface area contributed by atoms with Crippen LogP contribution in [-0.2, 0) is 7.05 Å². The van der Waals surface area contributed by atoms with E-state index in [0.29, 0.717) is 0 Å². The topological polar surface area (TPSA) is 55.6 Å². The lowest BCUT2D eigenvalue weighted by molar-refractivity contribution is 0.770. The Balaban J connectivity index is 2.13. The number of hydrogen-bond donors (Lipinski definition) is 1. The molecule has 0 bridgehead atoms. The second-order valence-electron chi connectivity index (χ2n) is 3.21. The monoisotopic (exact) mass is 223 g/mol. The van der Waals surface area contributed by atoms with Crippen molar-refractivity contribution in [2.45, 2.75) is 13.3 Å². The molecule has 0 unspecified atom stereocenters. The molecule has 0 saturated carbocycles. The largest absolute Gasteiger partial charge is 0.360 e. The smallest absolute Gasteiger partial charge is 0.206 e. The zero-order valence-electron chi connectivity index (χ0n) is 8.77. The number of anilines is 1. The van der Waals surface area contributed by atoms with Gasteiger partial charge in [0.1, 0.15) is 5.69 Å². The molecule has 0 saturated heterocycles. The van der Waals surface area contributed by atoms with Crippen LogP contribution < -0.4 is 5.32 Å². The van der Waals surface area contributed by atoms with Gasteiger partial charge in [-0.1, -0.05) is 18.3 Å². The predicted molar refractivity (Wildman–Crippen MR) is 60.9 cm³/mol. The van der Waals surface area contributed by atoms with Crippen molar-refractivity contribution in [1.82, 2.24) is 20.0 Å². The Morgan fingerprint density at radius 2 is 2.33 bits per heavy atom. The number of hydrogen-bond acceptors (Lipinski definition) is 5. The summed E-state index contributed by atoms with van der Waals surface area (Å²) in [5.74, 6) is 0. The van der Waals surface area contributed by atoms with Gasteiger partial charge in [0.25, 0.3) is 0 Å². The molecule has 0 spiro atoms. The summed E-state index contributed by atoms with van der Waals surface area (Å²) in [4.78, 5) is 0. The lowest BCUT2D eigenvalue weighted by Gasteiger charge is -1.94. The normalized spacial score (nSPS) is 10.5. The van der Waals surface area contributed by atoms with Gasteiger partial charge in [-0.3, -0.25) is 4.68 Å². The summed E-state index contributed by atoms with van der Waals surface area (Å²) < 4.78 is 1.76. The lowest BCUT2D eigenvalue weighted by Crippen LogP contribution is -1.98. The minimum Gasteiger partial charge on any atom is -0.360 e. The van der Waals surface area contributed by atoms with Crippen LogP contribution in [0.4, 0.5) is 5.13 Å². The first-order valence-electron chi connectivity index (χ1n) is 4.87. The zero-order chi connectivity index (χ0) is 10.7. The van der Waals surface area contributed by atoms with Gasteiger partial charge >= 0.3 is 0 Å². The zero-order valence-corrected chi connectivity index (χ0v) is 9.58. The summed E-state index contributed by atoms with van der Waals surface area (Å²) in [6.45, 7) is 3.05. The van der Waals surface area contributed by atoms with E-state index < -0.39 is 0 Å². The molecule has 0 aliphatic carbocycles.